The average Bonchev–Trinajstić information content (AvgIpc) is 1.63. The van der Waals surface area contributed by atoms with Crippen LogP contribution in [0.3, 0.4) is 0 Å². The normalized spacial score (nSPS) is 18.4. The van der Waals surface area contributed by atoms with Crippen LogP contribution in [0.5, 0.6) is 5.75 Å². The first-order chi connectivity index (χ1) is 70.2. The molecule has 6 aromatic carbocycles. The number of aryl methyl sites for hydroxylation is 1. The maximum Gasteiger partial charge on any atom is 0.285 e. The van der Waals surface area contributed by atoms with Crippen molar-refractivity contribution in [2.24, 2.45) is 28.7 Å². The average molecular weight is 2000 g/mol. The Bertz CT molecular complexity index is 8550. The van der Waals surface area contributed by atoms with Crippen molar-refractivity contribution >= 4 is 114 Å². The molecule has 21 rings (SSSR count). The molecule has 16 aromatic rings. The SMILES string of the molecule is CN1CC[C@@](O)(C#Cc2cccc(-c3nc(C(N)=O)n4ccccc34)c2)C1=O.CN1CC[C@@](O)(C#Cc2cccc(-n3nc(C(N)=O)c4cc(F)cnc43)c2)C1=O.CN1CC[C@@](O)(C#Cc2cccc(-n3nc(C(N)=O)c4ccc(Cl)cc43)c2)C1=O.COc1cc(C#C[C@]2(O)CCN(C)C2=O)cc(-n2nc(C(N)=O)c3cccnc32)c1.NC(=O)c1nn(-c2cc(C#C[C@]3(O)CCc4cccnc43)ccn2)c2cc(F)ccc12. The number of aromatic nitrogens is 14. The molecule has 4 saturated heterocycles. The summed E-state index contributed by atoms with van der Waals surface area (Å²) in [5.74, 6) is 22.9. The van der Waals surface area contributed by atoms with E-state index in [4.69, 9.17) is 45.0 Å². The minimum atomic E-state index is -1.71. The van der Waals surface area contributed by atoms with Gasteiger partial charge < -0.3 is 78.5 Å². The summed E-state index contributed by atoms with van der Waals surface area (Å²) in [6.45, 7) is 1.80. The fraction of sp³-hybridized carbons (Fsp3) is 0.189. The van der Waals surface area contributed by atoms with Crippen molar-refractivity contribution in [1.82, 2.24) is 88.0 Å². The molecule has 9 amide bonds. The van der Waals surface area contributed by atoms with Gasteiger partial charge in [-0.15, -0.1) is 0 Å². The lowest BCUT2D eigenvalue weighted by Crippen LogP contribution is -2.37. The van der Waals surface area contributed by atoms with E-state index in [1.54, 1.807) is 183 Å². The number of carbonyl (C=O) groups is 9. The van der Waals surface area contributed by atoms with Crippen LogP contribution >= 0.6 is 11.6 Å². The van der Waals surface area contributed by atoms with Crippen LogP contribution in [0, 0.1) is 70.8 Å². The van der Waals surface area contributed by atoms with Gasteiger partial charge in [-0.1, -0.05) is 107 Å². The van der Waals surface area contributed by atoms with Crippen molar-refractivity contribution in [3.8, 4) is 99.1 Å². The van der Waals surface area contributed by atoms with Crippen molar-refractivity contribution in [1.29, 1.82) is 0 Å². The van der Waals surface area contributed by atoms with Crippen LogP contribution in [-0.4, -0.2) is 251 Å². The van der Waals surface area contributed by atoms with E-state index in [9.17, 15) is 77.5 Å². The molecule has 5 atom stereocenters. The van der Waals surface area contributed by atoms with Crippen molar-refractivity contribution in [2.75, 3.05) is 61.5 Å². The molecule has 15 N–H and O–H groups in total. The van der Waals surface area contributed by atoms with Gasteiger partial charge in [0.2, 0.25) is 28.2 Å². The van der Waals surface area contributed by atoms with Crippen LogP contribution in [0.15, 0.2) is 219 Å². The maximum absolute atomic E-state index is 13.8. The lowest BCUT2D eigenvalue weighted by molar-refractivity contribution is -0.138. The van der Waals surface area contributed by atoms with Gasteiger partial charge in [-0.3, -0.25) is 52.5 Å². The quantitative estimate of drug-likeness (QED) is 0.0655. The Hall–Kier alpha value is -18.7. The van der Waals surface area contributed by atoms with Crippen LogP contribution in [0.1, 0.15) is 124 Å². The molecule has 41 heteroatoms. The zero-order valence-electron chi connectivity index (χ0n) is 78.7. The summed E-state index contributed by atoms with van der Waals surface area (Å²) in [5.41, 5.74) is 29.1. The molecule has 14 heterocycles. The highest BCUT2D eigenvalue weighted by atomic mass is 35.5. The van der Waals surface area contributed by atoms with Gasteiger partial charge in [-0.2, -0.15) is 20.4 Å². The fourth-order valence-corrected chi connectivity index (χ4v) is 17.2. The number of amides is 9. The van der Waals surface area contributed by atoms with Crippen LogP contribution in [0.25, 0.3) is 83.5 Å². The summed E-state index contributed by atoms with van der Waals surface area (Å²) < 4.78 is 40.2. The Morgan fingerprint density at radius 2 is 0.878 bits per heavy atom. The van der Waals surface area contributed by atoms with Crippen molar-refractivity contribution in [3.63, 3.8) is 0 Å². The molecule has 1 aliphatic carbocycles. The zero-order valence-corrected chi connectivity index (χ0v) is 79.5. The highest BCUT2D eigenvalue weighted by Gasteiger charge is 2.46. The number of pyridine rings is 5. The minimum Gasteiger partial charge on any atom is -0.497 e. The number of hydrogen-bond acceptors (Lipinski definition) is 24. The summed E-state index contributed by atoms with van der Waals surface area (Å²) in [7, 11) is 8.01. The van der Waals surface area contributed by atoms with Crippen LogP contribution in [0.4, 0.5) is 8.78 Å². The molecule has 4 aliphatic heterocycles. The van der Waals surface area contributed by atoms with E-state index in [1.165, 1.54) is 65.2 Å². The lowest BCUT2D eigenvalue weighted by atomic mass is 10.0. The Balaban J connectivity index is 0.000000126. The molecule has 10 aromatic heterocycles. The molecular formula is C106H86ClF2N23O15. The molecule has 38 nitrogen and oxygen atoms in total. The highest BCUT2D eigenvalue weighted by Crippen LogP contribution is 2.37. The van der Waals surface area contributed by atoms with Gasteiger partial charge in [0.25, 0.3) is 53.2 Å². The molecular weight excluding hydrogens is 1910 g/mol. The van der Waals surface area contributed by atoms with Gasteiger partial charge >= 0.3 is 0 Å². The number of rotatable bonds is 11. The van der Waals surface area contributed by atoms with Crippen LogP contribution < -0.4 is 33.4 Å². The molecule has 0 bridgehead atoms. The molecule has 0 unspecified atom stereocenters. The first-order valence-corrected chi connectivity index (χ1v) is 45.5. The lowest BCUT2D eigenvalue weighted by Gasteiger charge is -2.15. The first-order valence-electron chi connectivity index (χ1n) is 45.1. The number of aliphatic hydroxyl groups is 5. The minimum absolute atomic E-state index is 0.0243. The second-order valence-corrected chi connectivity index (χ2v) is 35.2. The predicted molar refractivity (Wildman–Crippen MR) is 532 cm³/mol. The topological polar surface area (TPSA) is 547 Å². The number of halogens is 3. The summed E-state index contributed by atoms with van der Waals surface area (Å²) in [6.07, 6.45) is 9.69. The number of nitrogens with zero attached hydrogens (tertiary/aromatic N) is 18. The number of nitrogens with two attached hydrogens (primary N) is 5. The van der Waals surface area contributed by atoms with E-state index in [-0.39, 0.29) is 71.2 Å². The van der Waals surface area contributed by atoms with E-state index in [1.807, 2.05) is 36.4 Å². The third-order valence-corrected chi connectivity index (χ3v) is 25.0. The highest BCUT2D eigenvalue weighted by molar-refractivity contribution is 6.31. The molecule has 0 radical (unpaired) electrons. The maximum atomic E-state index is 13.8. The third-order valence-electron chi connectivity index (χ3n) is 24.7. The number of likely N-dealkylation sites (N-methyl/N-ethyl adjacent to an activating group) is 4. The smallest absolute Gasteiger partial charge is 0.285 e. The Kier molecular flexibility index (Phi) is 27.4. The number of hydrogen-bond donors (Lipinski definition) is 10. The number of methoxy groups -OCH3 is 1. The Morgan fingerprint density at radius 1 is 0.401 bits per heavy atom. The second kappa shape index (κ2) is 40.3. The molecule has 736 valence electrons. The molecule has 0 spiro atoms. The van der Waals surface area contributed by atoms with Gasteiger partial charge in [-0.05, 0) is 158 Å². The Morgan fingerprint density at radius 3 is 1.44 bits per heavy atom. The van der Waals surface area contributed by atoms with Gasteiger partial charge in [0.15, 0.2) is 45.5 Å². The van der Waals surface area contributed by atoms with E-state index < -0.39 is 86.9 Å². The van der Waals surface area contributed by atoms with E-state index >= 15 is 0 Å². The first kappa shape index (κ1) is 99.8. The van der Waals surface area contributed by atoms with Crippen molar-refractivity contribution in [3.05, 3.63) is 303 Å². The number of benzene rings is 6. The third kappa shape index (κ3) is 20.4. The number of primary amides is 5. The van der Waals surface area contributed by atoms with E-state index in [0.29, 0.717) is 145 Å². The van der Waals surface area contributed by atoms with Gasteiger partial charge in [0.05, 0.1) is 69.1 Å². The monoisotopic (exact) mass is 1990 g/mol. The second-order valence-electron chi connectivity index (χ2n) is 34.8. The van der Waals surface area contributed by atoms with E-state index in [2.05, 4.69) is 105 Å². The number of likely N-dealkylation sites (tertiary alicyclic amines) is 4. The zero-order chi connectivity index (χ0) is 104. The summed E-state index contributed by atoms with van der Waals surface area (Å²) in [4.78, 5) is 134. The summed E-state index contributed by atoms with van der Waals surface area (Å²) in [6, 6.07) is 52.4. The largest absolute Gasteiger partial charge is 0.497 e. The summed E-state index contributed by atoms with van der Waals surface area (Å²) >= 11 is 6.12. The Labute approximate surface area is 839 Å². The fourth-order valence-electron chi connectivity index (χ4n) is 17.0. The van der Waals surface area contributed by atoms with Gasteiger partial charge in [-0.25, -0.2) is 47.4 Å². The number of carbonyl (C=O) groups excluding carboxylic acids is 9. The summed E-state index contributed by atoms with van der Waals surface area (Å²) in [5, 5.41) is 72.1. The van der Waals surface area contributed by atoms with Crippen molar-refractivity contribution < 1.29 is 82.2 Å². The van der Waals surface area contributed by atoms with Crippen LogP contribution in [0.2, 0.25) is 5.02 Å². The molecule has 147 heavy (non-hydrogen) atoms. The number of ether oxygens (including phenoxy) is 1. The molecule has 5 aliphatic rings. The predicted octanol–water partition coefficient (Wildman–Crippen LogP) is 6.08. The van der Waals surface area contributed by atoms with Gasteiger partial charge in [0.1, 0.15) is 17.4 Å². The number of imidazole rings is 1. The van der Waals surface area contributed by atoms with E-state index in [0.717, 1.165) is 28.9 Å². The van der Waals surface area contributed by atoms with Crippen LogP contribution in [-0.2, 0) is 31.2 Å². The van der Waals surface area contributed by atoms with Crippen molar-refractivity contribution in [2.45, 2.75) is 66.5 Å². The molecule has 4 fully saturated rings. The van der Waals surface area contributed by atoms with Gasteiger partial charge in [0, 0.05) is 166 Å². The molecule has 0 saturated carbocycles. The standard InChI is InChI=1S/C23H16FN5O2.C21H17ClN4O3.C21H19N5O4.C21H18N4O3.C20H16FN5O3/c24-16-3-4-17-18(13-16)29(28-20(17)22(25)30)19-12-14(7-11-26-19)5-8-23(31)9-6-15-2-1-10-27-21(15)23;1-25-10-9-21(29,20(25)28)8-7-13-3-2-4-15(11-13)26-17-12-14(22)5-6-16(17)18(24-26)19(23)27;1-25-9-7-21(29,20(25)28)6-5-13-10-14(12-15(11-13)30-2)26-19-16(4-3-8-23-19)17(24-26)18(22)27;1-24-12-10-21(28,20(24)27)9-8-14-5-4-6-15(13-14)17-16-7-2-3-11-25(16)19(23-17)18(22)26;1-25-8-7-20(29,19(25)28)6-5-12-3-2-4-14(9-12)26-18-15(10-13(21)11-23-18)16(24-26)17(22)27/h1-4,7,10-13,31H,6,9H2,(H2,25,30);2-6,11-12,29H,9-10H2,1H3,(H2,23,27);3-4,8,10-12,29H,7,9H2,1-2H3,(H2,22,27);2-7,11,13,28H,10,12H2,1H3,(H2,22,26);2-4,9-11,29H,7-8H2,1H3,(H2,22,27)/t23-;3*21-;20-/m00000/s1. The number of fused-ring (bicyclic) bond motifs is 6.